The number of anilines is 1. The van der Waals surface area contributed by atoms with Gasteiger partial charge in [0.15, 0.2) is 0 Å². The monoisotopic (exact) mass is 256 g/mol. The van der Waals surface area contributed by atoms with Crippen LogP contribution in [0.4, 0.5) is 10.5 Å². The lowest BCUT2D eigenvalue weighted by molar-refractivity contribution is 0.251. The molecule has 2 rings (SSSR count). The van der Waals surface area contributed by atoms with Crippen LogP contribution in [0.3, 0.4) is 0 Å². The summed E-state index contributed by atoms with van der Waals surface area (Å²) >= 11 is 0. The van der Waals surface area contributed by atoms with Gasteiger partial charge in [0.05, 0.1) is 0 Å². The molecule has 0 fully saturated rings. The van der Waals surface area contributed by atoms with Crippen molar-refractivity contribution >= 4 is 11.7 Å². The summed E-state index contributed by atoms with van der Waals surface area (Å²) < 4.78 is 0. The second-order valence-electron chi connectivity index (χ2n) is 4.29. The van der Waals surface area contributed by atoms with Gasteiger partial charge in [-0.15, -0.1) is 0 Å². The third-order valence-corrected chi connectivity index (χ3v) is 2.75. The lowest BCUT2D eigenvalue weighted by Crippen LogP contribution is -2.28. The number of rotatable bonds is 3. The second-order valence-corrected chi connectivity index (χ2v) is 4.29. The Bertz CT molecular complexity index is 568. The molecule has 2 aromatic rings. The van der Waals surface area contributed by atoms with Crippen LogP contribution < -0.4 is 10.6 Å². The standard InChI is InChI=1S/C15H16N2O2/c1-11-9-13(18)7-8-14(11)17-15(19)16-10-12-5-3-2-4-6-12/h2-9,18H,10H2,1H3,(H2,16,17,19). The number of phenols is 1. The van der Waals surface area contributed by atoms with Crippen LogP contribution in [0.2, 0.25) is 0 Å². The zero-order valence-corrected chi connectivity index (χ0v) is 10.7. The van der Waals surface area contributed by atoms with Crippen molar-refractivity contribution in [2.45, 2.75) is 13.5 Å². The molecule has 0 aliphatic heterocycles. The van der Waals surface area contributed by atoms with Crippen molar-refractivity contribution in [3.8, 4) is 5.75 Å². The predicted molar refractivity (Wildman–Crippen MR) is 75.1 cm³/mol. The summed E-state index contributed by atoms with van der Waals surface area (Å²) in [4.78, 5) is 11.7. The number of nitrogens with one attached hydrogen (secondary N) is 2. The molecule has 0 heterocycles. The lowest BCUT2D eigenvalue weighted by atomic mass is 10.2. The number of hydrogen-bond donors (Lipinski definition) is 3. The topological polar surface area (TPSA) is 61.4 Å². The highest BCUT2D eigenvalue weighted by Crippen LogP contribution is 2.19. The zero-order chi connectivity index (χ0) is 13.7. The summed E-state index contributed by atoms with van der Waals surface area (Å²) in [6.45, 7) is 2.30. The van der Waals surface area contributed by atoms with Gasteiger partial charge in [-0.1, -0.05) is 30.3 Å². The molecule has 2 amide bonds. The van der Waals surface area contributed by atoms with E-state index in [2.05, 4.69) is 10.6 Å². The maximum absolute atomic E-state index is 11.7. The molecule has 2 aromatic carbocycles. The van der Waals surface area contributed by atoms with Crippen LogP contribution in [0, 0.1) is 6.92 Å². The Morgan fingerprint density at radius 2 is 1.89 bits per heavy atom. The van der Waals surface area contributed by atoms with E-state index in [0.29, 0.717) is 12.2 Å². The minimum atomic E-state index is -0.266. The molecule has 19 heavy (non-hydrogen) atoms. The highest BCUT2D eigenvalue weighted by Gasteiger charge is 2.04. The summed E-state index contributed by atoms with van der Waals surface area (Å²) in [5.41, 5.74) is 2.54. The van der Waals surface area contributed by atoms with Gasteiger partial charge in [-0.3, -0.25) is 0 Å². The molecular formula is C15H16N2O2. The van der Waals surface area contributed by atoms with E-state index in [9.17, 15) is 9.90 Å². The molecule has 0 aromatic heterocycles. The first-order valence-electron chi connectivity index (χ1n) is 6.03. The Hall–Kier alpha value is -2.49. The van der Waals surface area contributed by atoms with Crippen molar-refractivity contribution in [3.05, 3.63) is 59.7 Å². The van der Waals surface area contributed by atoms with Crippen molar-refractivity contribution in [2.24, 2.45) is 0 Å². The number of aromatic hydroxyl groups is 1. The van der Waals surface area contributed by atoms with Crippen molar-refractivity contribution in [1.82, 2.24) is 5.32 Å². The van der Waals surface area contributed by atoms with E-state index < -0.39 is 0 Å². The summed E-state index contributed by atoms with van der Waals surface area (Å²) in [7, 11) is 0. The average Bonchev–Trinajstić information content (AvgIpc) is 2.41. The van der Waals surface area contributed by atoms with E-state index in [1.54, 1.807) is 18.2 Å². The fourth-order valence-electron chi connectivity index (χ4n) is 1.73. The summed E-state index contributed by atoms with van der Waals surface area (Å²) in [6.07, 6.45) is 0. The van der Waals surface area contributed by atoms with Gasteiger partial charge >= 0.3 is 6.03 Å². The first-order valence-corrected chi connectivity index (χ1v) is 6.03. The number of phenolic OH excluding ortho intramolecular Hbond substituents is 1. The molecule has 4 heteroatoms. The Kier molecular flexibility index (Phi) is 4.03. The van der Waals surface area contributed by atoms with Crippen LogP contribution in [-0.2, 0) is 6.54 Å². The Labute approximate surface area is 112 Å². The number of carbonyl (C=O) groups is 1. The van der Waals surface area contributed by atoms with E-state index in [-0.39, 0.29) is 11.8 Å². The van der Waals surface area contributed by atoms with E-state index in [1.165, 1.54) is 0 Å². The average molecular weight is 256 g/mol. The molecule has 0 atom stereocenters. The van der Waals surface area contributed by atoms with Crippen molar-refractivity contribution in [2.75, 3.05) is 5.32 Å². The highest BCUT2D eigenvalue weighted by atomic mass is 16.3. The molecule has 4 nitrogen and oxygen atoms in total. The smallest absolute Gasteiger partial charge is 0.319 e. The fourth-order valence-corrected chi connectivity index (χ4v) is 1.73. The minimum Gasteiger partial charge on any atom is -0.508 e. The second kappa shape index (κ2) is 5.91. The van der Waals surface area contributed by atoms with Gasteiger partial charge in [0.25, 0.3) is 0 Å². The van der Waals surface area contributed by atoms with Gasteiger partial charge in [0.2, 0.25) is 0 Å². The molecule has 0 aliphatic rings. The summed E-state index contributed by atoms with van der Waals surface area (Å²) in [5, 5.41) is 14.8. The Balaban J connectivity index is 1.91. The third kappa shape index (κ3) is 3.74. The molecule has 3 N–H and O–H groups in total. The first-order chi connectivity index (χ1) is 9.15. The SMILES string of the molecule is Cc1cc(O)ccc1NC(=O)NCc1ccccc1. The largest absolute Gasteiger partial charge is 0.508 e. The Morgan fingerprint density at radius 1 is 1.16 bits per heavy atom. The van der Waals surface area contributed by atoms with Crippen LogP contribution in [0.5, 0.6) is 5.75 Å². The number of carbonyl (C=O) groups excluding carboxylic acids is 1. The molecule has 0 saturated heterocycles. The van der Waals surface area contributed by atoms with Crippen LogP contribution >= 0.6 is 0 Å². The van der Waals surface area contributed by atoms with Gasteiger partial charge in [-0.05, 0) is 36.2 Å². The van der Waals surface area contributed by atoms with Crippen LogP contribution in [0.1, 0.15) is 11.1 Å². The number of benzene rings is 2. The van der Waals surface area contributed by atoms with Crippen molar-refractivity contribution in [3.63, 3.8) is 0 Å². The van der Waals surface area contributed by atoms with Gasteiger partial charge in [0.1, 0.15) is 5.75 Å². The maximum Gasteiger partial charge on any atom is 0.319 e. The quantitative estimate of drug-likeness (QED) is 0.739. The van der Waals surface area contributed by atoms with Crippen LogP contribution in [0.25, 0.3) is 0 Å². The fraction of sp³-hybridized carbons (Fsp3) is 0.133. The van der Waals surface area contributed by atoms with Crippen LogP contribution in [0.15, 0.2) is 48.5 Å². The Morgan fingerprint density at radius 3 is 2.58 bits per heavy atom. The van der Waals surface area contributed by atoms with Gasteiger partial charge in [0, 0.05) is 12.2 Å². The number of aryl methyl sites for hydroxylation is 1. The molecular weight excluding hydrogens is 240 g/mol. The van der Waals surface area contributed by atoms with E-state index in [0.717, 1.165) is 11.1 Å². The van der Waals surface area contributed by atoms with Crippen molar-refractivity contribution in [1.29, 1.82) is 0 Å². The van der Waals surface area contributed by atoms with E-state index in [1.807, 2.05) is 37.3 Å². The molecule has 98 valence electrons. The van der Waals surface area contributed by atoms with Crippen LogP contribution in [-0.4, -0.2) is 11.1 Å². The van der Waals surface area contributed by atoms with Crippen molar-refractivity contribution < 1.29 is 9.90 Å². The van der Waals surface area contributed by atoms with E-state index in [4.69, 9.17) is 0 Å². The molecule has 0 radical (unpaired) electrons. The van der Waals surface area contributed by atoms with Gasteiger partial charge in [-0.25, -0.2) is 4.79 Å². The molecule has 0 saturated carbocycles. The predicted octanol–water partition coefficient (Wildman–Crippen LogP) is 3.02. The first kappa shape index (κ1) is 13.0. The lowest BCUT2D eigenvalue weighted by Gasteiger charge is -2.10. The van der Waals surface area contributed by atoms with Gasteiger partial charge in [-0.2, -0.15) is 0 Å². The number of urea groups is 1. The third-order valence-electron chi connectivity index (χ3n) is 2.75. The number of hydrogen-bond acceptors (Lipinski definition) is 2. The molecule has 0 unspecified atom stereocenters. The zero-order valence-electron chi connectivity index (χ0n) is 10.7. The molecule has 0 aliphatic carbocycles. The van der Waals surface area contributed by atoms with E-state index >= 15 is 0 Å². The molecule has 0 bridgehead atoms. The highest BCUT2D eigenvalue weighted by molar-refractivity contribution is 5.90. The van der Waals surface area contributed by atoms with Gasteiger partial charge < -0.3 is 15.7 Å². The normalized spacial score (nSPS) is 9.95. The summed E-state index contributed by atoms with van der Waals surface area (Å²) in [6, 6.07) is 14.2. The maximum atomic E-state index is 11.7. The molecule has 0 spiro atoms. The summed E-state index contributed by atoms with van der Waals surface area (Å²) in [5.74, 6) is 0.188. The number of amides is 2. The minimum absolute atomic E-state index is 0.188.